The van der Waals surface area contributed by atoms with Gasteiger partial charge in [0.1, 0.15) is 5.52 Å². The second-order valence-electron chi connectivity index (χ2n) is 7.24. The zero-order chi connectivity index (χ0) is 20.7. The van der Waals surface area contributed by atoms with Crippen LogP contribution in [0.1, 0.15) is 37.0 Å². The Morgan fingerprint density at radius 1 is 1.11 bits per heavy atom. The SMILES string of the molecule is CC(C)(C)c1nc2cc(NC(=O)c3ccc(S(=O)(=O)C(F)F)cc3)ccc2o1. The number of carbonyl (C=O) groups excluding carboxylic acids is 1. The van der Waals surface area contributed by atoms with Gasteiger partial charge < -0.3 is 9.73 Å². The molecule has 0 aliphatic rings. The minimum absolute atomic E-state index is 0.129. The molecular formula is C19H18F2N2O4S. The van der Waals surface area contributed by atoms with Gasteiger partial charge in [0.2, 0.25) is 15.7 Å². The third kappa shape index (κ3) is 3.89. The second kappa shape index (κ2) is 6.97. The van der Waals surface area contributed by atoms with Gasteiger partial charge in [-0.2, -0.15) is 8.78 Å². The molecule has 28 heavy (non-hydrogen) atoms. The molecular weight excluding hydrogens is 390 g/mol. The van der Waals surface area contributed by atoms with Crippen LogP contribution in [-0.4, -0.2) is 25.1 Å². The van der Waals surface area contributed by atoms with E-state index in [1.165, 1.54) is 12.1 Å². The topological polar surface area (TPSA) is 89.3 Å². The van der Waals surface area contributed by atoms with Gasteiger partial charge in [-0.1, -0.05) is 20.8 Å². The molecule has 0 bridgehead atoms. The van der Waals surface area contributed by atoms with Crippen molar-refractivity contribution in [3.63, 3.8) is 0 Å². The Morgan fingerprint density at radius 3 is 2.32 bits per heavy atom. The first-order valence-corrected chi connectivity index (χ1v) is 9.87. The van der Waals surface area contributed by atoms with E-state index in [2.05, 4.69) is 10.3 Å². The fourth-order valence-corrected chi connectivity index (χ4v) is 3.15. The van der Waals surface area contributed by atoms with Crippen LogP contribution in [0.25, 0.3) is 11.1 Å². The van der Waals surface area contributed by atoms with E-state index < -0.39 is 26.4 Å². The normalized spacial score (nSPS) is 12.5. The van der Waals surface area contributed by atoms with E-state index in [1.54, 1.807) is 18.2 Å². The summed E-state index contributed by atoms with van der Waals surface area (Å²) >= 11 is 0. The Labute approximate surface area is 160 Å². The number of rotatable bonds is 4. The van der Waals surface area contributed by atoms with Gasteiger partial charge in [-0.15, -0.1) is 0 Å². The van der Waals surface area contributed by atoms with E-state index in [0.29, 0.717) is 22.7 Å². The summed E-state index contributed by atoms with van der Waals surface area (Å²) in [5.74, 6) is -3.46. The van der Waals surface area contributed by atoms with Crippen molar-refractivity contribution in [1.29, 1.82) is 0 Å². The molecule has 2 aromatic carbocycles. The molecule has 0 aliphatic carbocycles. The van der Waals surface area contributed by atoms with E-state index in [1.807, 2.05) is 20.8 Å². The van der Waals surface area contributed by atoms with E-state index in [4.69, 9.17) is 4.42 Å². The zero-order valence-corrected chi connectivity index (χ0v) is 16.2. The van der Waals surface area contributed by atoms with Gasteiger partial charge in [0.25, 0.3) is 5.91 Å². The molecule has 1 aromatic heterocycles. The number of hydrogen-bond donors (Lipinski definition) is 1. The molecule has 1 N–H and O–H groups in total. The summed E-state index contributed by atoms with van der Waals surface area (Å²) in [4.78, 5) is 16.2. The highest BCUT2D eigenvalue weighted by Gasteiger charge is 2.26. The van der Waals surface area contributed by atoms with Crippen LogP contribution in [-0.2, 0) is 15.3 Å². The predicted molar refractivity (Wildman–Crippen MR) is 100 cm³/mol. The van der Waals surface area contributed by atoms with Crippen LogP contribution in [0.3, 0.4) is 0 Å². The van der Waals surface area contributed by atoms with Crippen LogP contribution in [0.15, 0.2) is 51.8 Å². The van der Waals surface area contributed by atoms with Crippen molar-refractivity contribution in [2.75, 3.05) is 5.32 Å². The molecule has 3 rings (SSSR count). The van der Waals surface area contributed by atoms with Gasteiger partial charge in [0.05, 0.1) is 4.90 Å². The molecule has 0 saturated carbocycles. The Bertz CT molecular complexity index is 1130. The summed E-state index contributed by atoms with van der Waals surface area (Å²) in [7, 11) is -4.70. The Balaban J connectivity index is 1.81. The molecule has 6 nitrogen and oxygen atoms in total. The second-order valence-corrected chi connectivity index (χ2v) is 9.15. The summed E-state index contributed by atoms with van der Waals surface area (Å²) < 4.78 is 53.7. The van der Waals surface area contributed by atoms with Crippen molar-refractivity contribution in [2.24, 2.45) is 0 Å². The molecule has 0 atom stereocenters. The molecule has 1 amide bonds. The maximum Gasteiger partial charge on any atom is 0.341 e. The first-order valence-electron chi connectivity index (χ1n) is 8.33. The lowest BCUT2D eigenvalue weighted by atomic mass is 9.97. The molecule has 0 saturated heterocycles. The predicted octanol–water partition coefficient (Wildman–Crippen LogP) is 4.37. The number of aromatic nitrogens is 1. The van der Waals surface area contributed by atoms with Crippen LogP contribution >= 0.6 is 0 Å². The minimum atomic E-state index is -4.70. The number of nitrogens with one attached hydrogen (secondary N) is 1. The van der Waals surface area contributed by atoms with Crippen molar-refractivity contribution in [2.45, 2.75) is 36.8 Å². The van der Waals surface area contributed by atoms with Crippen molar-refractivity contribution < 1.29 is 26.4 Å². The number of amides is 1. The smallest absolute Gasteiger partial charge is 0.341 e. The number of halogens is 2. The highest BCUT2D eigenvalue weighted by Crippen LogP contribution is 2.27. The van der Waals surface area contributed by atoms with Crippen molar-refractivity contribution >= 4 is 32.5 Å². The number of anilines is 1. The van der Waals surface area contributed by atoms with Gasteiger partial charge in [0.15, 0.2) is 5.58 Å². The average molecular weight is 408 g/mol. The monoisotopic (exact) mass is 408 g/mol. The van der Waals surface area contributed by atoms with Crippen molar-refractivity contribution in [3.8, 4) is 0 Å². The first kappa shape index (κ1) is 19.9. The Kier molecular flexibility index (Phi) is 4.97. The van der Waals surface area contributed by atoms with Gasteiger partial charge >= 0.3 is 5.76 Å². The largest absolute Gasteiger partial charge is 0.440 e. The van der Waals surface area contributed by atoms with Crippen LogP contribution in [0.4, 0.5) is 14.5 Å². The summed E-state index contributed by atoms with van der Waals surface area (Å²) in [5.41, 5.74) is 1.51. The van der Waals surface area contributed by atoms with Gasteiger partial charge in [-0.25, -0.2) is 13.4 Å². The summed E-state index contributed by atoms with van der Waals surface area (Å²) in [6, 6.07) is 9.30. The number of fused-ring (bicyclic) bond motifs is 1. The lowest BCUT2D eigenvalue weighted by molar-refractivity contribution is 0.102. The van der Waals surface area contributed by atoms with Crippen LogP contribution < -0.4 is 5.32 Å². The van der Waals surface area contributed by atoms with Gasteiger partial charge in [-0.05, 0) is 42.5 Å². The molecule has 9 heteroatoms. The zero-order valence-electron chi connectivity index (χ0n) is 15.4. The lowest BCUT2D eigenvalue weighted by Gasteiger charge is -2.11. The molecule has 3 aromatic rings. The fourth-order valence-electron chi connectivity index (χ4n) is 2.43. The minimum Gasteiger partial charge on any atom is -0.440 e. The molecule has 0 radical (unpaired) electrons. The van der Waals surface area contributed by atoms with E-state index in [-0.39, 0.29) is 11.0 Å². The Hall–Kier alpha value is -2.81. The van der Waals surface area contributed by atoms with E-state index >= 15 is 0 Å². The average Bonchev–Trinajstić information content (AvgIpc) is 3.05. The molecule has 0 fully saturated rings. The molecule has 0 spiro atoms. The lowest BCUT2D eigenvalue weighted by Crippen LogP contribution is -2.14. The van der Waals surface area contributed by atoms with E-state index in [9.17, 15) is 22.0 Å². The number of alkyl halides is 2. The molecule has 1 heterocycles. The molecule has 148 valence electrons. The maximum atomic E-state index is 12.6. The third-order valence-electron chi connectivity index (χ3n) is 3.97. The molecule has 0 unspecified atom stereocenters. The fraction of sp³-hybridized carbons (Fsp3) is 0.263. The van der Waals surface area contributed by atoms with Crippen LogP contribution in [0.5, 0.6) is 0 Å². The highest BCUT2D eigenvalue weighted by atomic mass is 32.2. The summed E-state index contributed by atoms with van der Waals surface area (Å²) in [6.45, 7) is 5.91. The summed E-state index contributed by atoms with van der Waals surface area (Å²) in [6.07, 6.45) is 0. The number of nitrogens with zero attached hydrogens (tertiary/aromatic N) is 1. The quantitative estimate of drug-likeness (QED) is 0.692. The number of benzene rings is 2. The highest BCUT2D eigenvalue weighted by molar-refractivity contribution is 7.91. The standard InChI is InChI=1S/C19H18F2N2O4S/c1-19(2,3)17-23-14-10-12(6-9-15(14)27-17)22-16(24)11-4-7-13(8-5-11)28(25,26)18(20)21/h4-10,18H,1-3H3,(H,22,24). The van der Waals surface area contributed by atoms with Crippen LogP contribution in [0, 0.1) is 0 Å². The Morgan fingerprint density at radius 2 is 1.75 bits per heavy atom. The van der Waals surface area contributed by atoms with Crippen LogP contribution in [0.2, 0.25) is 0 Å². The first-order chi connectivity index (χ1) is 13.0. The molecule has 0 aliphatic heterocycles. The number of oxazole rings is 1. The third-order valence-corrected chi connectivity index (χ3v) is 5.36. The van der Waals surface area contributed by atoms with Crippen molar-refractivity contribution in [3.05, 3.63) is 53.9 Å². The van der Waals surface area contributed by atoms with Gasteiger partial charge in [0, 0.05) is 16.7 Å². The van der Waals surface area contributed by atoms with Gasteiger partial charge in [-0.3, -0.25) is 4.79 Å². The van der Waals surface area contributed by atoms with Crippen molar-refractivity contribution in [1.82, 2.24) is 4.98 Å². The van der Waals surface area contributed by atoms with E-state index in [0.717, 1.165) is 12.1 Å². The number of sulfone groups is 1. The maximum absolute atomic E-state index is 12.6. The number of hydrogen-bond acceptors (Lipinski definition) is 5. The number of carbonyl (C=O) groups is 1. The summed E-state index contributed by atoms with van der Waals surface area (Å²) in [5, 5.41) is 2.66.